The maximum absolute atomic E-state index is 10.7. The molecule has 0 spiro atoms. The number of primary amides is 1. The predicted octanol–water partition coefficient (Wildman–Crippen LogP) is 1.90. The minimum atomic E-state index is -0.295. The first-order valence-corrected chi connectivity index (χ1v) is 5.75. The smallest absolute Gasteiger partial charge is 0.217 e. The van der Waals surface area contributed by atoms with E-state index in [-0.39, 0.29) is 5.91 Å². The van der Waals surface area contributed by atoms with Gasteiger partial charge in [-0.05, 0) is 30.5 Å². The number of ether oxygens (including phenoxy) is 2. The Bertz CT molecular complexity index is 377. The van der Waals surface area contributed by atoms with Crippen molar-refractivity contribution in [3.05, 3.63) is 23.8 Å². The van der Waals surface area contributed by atoms with Crippen LogP contribution < -0.4 is 15.2 Å². The number of hydrogen-bond donors (Lipinski definition) is 1. The van der Waals surface area contributed by atoms with Gasteiger partial charge in [-0.2, -0.15) is 0 Å². The number of rotatable bonds is 7. The van der Waals surface area contributed by atoms with Gasteiger partial charge >= 0.3 is 0 Å². The van der Waals surface area contributed by atoms with Crippen LogP contribution >= 0.6 is 0 Å². The third-order valence-electron chi connectivity index (χ3n) is 2.35. The van der Waals surface area contributed by atoms with Crippen LogP contribution in [0.4, 0.5) is 0 Å². The van der Waals surface area contributed by atoms with E-state index in [0.717, 1.165) is 17.7 Å². The zero-order chi connectivity index (χ0) is 12.7. The number of aryl methyl sites for hydroxylation is 1. The van der Waals surface area contributed by atoms with E-state index >= 15 is 0 Å². The zero-order valence-corrected chi connectivity index (χ0v) is 10.4. The fraction of sp³-hybridized carbons (Fsp3) is 0.462. The summed E-state index contributed by atoms with van der Waals surface area (Å²) in [6.07, 6.45) is 1.91. The first-order chi connectivity index (χ1) is 8.17. The van der Waals surface area contributed by atoms with Gasteiger partial charge in [0.05, 0.1) is 13.7 Å². The average Bonchev–Trinajstić information content (AvgIpc) is 2.33. The molecule has 0 saturated carbocycles. The Labute approximate surface area is 102 Å². The zero-order valence-electron chi connectivity index (χ0n) is 10.4. The molecule has 0 aliphatic heterocycles. The Morgan fingerprint density at radius 1 is 1.35 bits per heavy atom. The standard InChI is InChI=1S/C13H19NO3/c1-3-8-17-12-9-10(5-7-13(14)15)4-6-11(12)16-2/h4,6,9H,3,5,7-8H2,1-2H3,(H2,14,15). The first kappa shape index (κ1) is 13.4. The molecule has 4 nitrogen and oxygen atoms in total. The van der Waals surface area contributed by atoms with Gasteiger partial charge in [-0.15, -0.1) is 0 Å². The van der Waals surface area contributed by atoms with Crippen LogP contribution in [-0.4, -0.2) is 19.6 Å². The van der Waals surface area contributed by atoms with E-state index in [1.165, 1.54) is 0 Å². The summed E-state index contributed by atoms with van der Waals surface area (Å²) in [5, 5.41) is 0. The molecule has 0 aliphatic carbocycles. The van der Waals surface area contributed by atoms with Gasteiger partial charge in [0.1, 0.15) is 0 Å². The summed E-state index contributed by atoms with van der Waals surface area (Å²) in [4.78, 5) is 10.7. The molecule has 0 fully saturated rings. The second kappa shape index (κ2) is 6.78. The lowest BCUT2D eigenvalue weighted by molar-refractivity contribution is -0.117. The lowest BCUT2D eigenvalue weighted by Crippen LogP contribution is -2.11. The topological polar surface area (TPSA) is 61.5 Å². The van der Waals surface area contributed by atoms with Crippen LogP contribution in [0, 0.1) is 0 Å². The second-order valence-electron chi connectivity index (χ2n) is 3.80. The van der Waals surface area contributed by atoms with E-state index in [4.69, 9.17) is 15.2 Å². The Morgan fingerprint density at radius 3 is 2.71 bits per heavy atom. The highest BCUT2D eigenvalue weighted by molar-refractivity contribution is 5.74. The Kier molecular flexibility index (Phi) is 5.33. The maximum Gasteiger partial charge on any atom is 0.217 e. The number of hydrogen-bond acceptors (Lipinski definition) is 3. The third-order valence-corrected chi connectivity index (χ3v) is 2.35. The lowest BCUT2D eigenvalue weighted by atomic mass is 10.1. The highest BCUT2D eigenvalue weighted by Gasteiger charge is 2.06. The van der Waals surface area contributed by atoms with Crippen LogP contribution in [0.15, 0.2) is 18.2 Å². The van der Waals surface area contributed by atoms with Gasteiger partial charge in [0.25, 0.3) is 0 Å². The van der Waals surface area contributed by atoms with Gasteiger partial charge in [0.15, 0.2) is 11.5 Å². The van der Waals surface area contributed by atoms with Crippen molar-refractivity contribution in [2.24, 2.45) is 5.73 Å². The van der Waals surface area contributed by atoms with Crippen molar-refractivity contribution < 1.29 is 14.3 Å². The molecule has 4 heteroatoms. The van der Waals surface area contributed by atoms with E-state index in [1.807, 2.05) is 25.1 Å². The van der Waals surface area contributed by atoms with Crippen molar-refractivity contribution in [3.8, 4) is 11.5 Å². The first-order valence-electron chi connectivity index (χ1n) is 5.75. The molecule has 1 aromatic rings. The molecule has 94 valence electrons. The van der Waals surface area contributed by atoms with Crippen LogP contribution in [0.1, 0.15) is 25.3 Å². The fourth-order valence-electron chi connectivity index (χ4n) is 1.47. The molecule has 0 heterocycles. The van der Waals surface area contributed by atoms with Gasteiger partial charge < -0.3 is 15.2 Å². The summed E-state index contributed by atoms with van der Waals surface area (Å²) >= 11 is 0. The molecule has 0 atom stereocenters. The van der Waals surface area contributed by atoms with Crippen LogP contribution in [0.5, 0.6) is 11.5 Å². The summed E-state index contributed by atoms with van der Waals surface area (Å²) < 4.78 is 10.8. The van der Waals surface area contributed by atoms with E-state index in [9.17, 15) is 4.79 Å². The van der Waals surface area contributed by atoms with Crippen LogP contribution in [0.25, 0.3) is 0 Å². The normalized spacial score (nSPS) is 10.0. The molecule has 0 saturated heterocycles. The van der Waals surface area contributed by atoms with Crippen molar-refractivity contribution in [2.75, 3.05) is 13.7 Å². The molecule has 0 aliphatic rings. The van der Waals surface area contributed by atoms with Crippen LogP contribution in [0.3, 0.4) is 0 Å². The maximum atomic E-state index is 10.7. The average molecular weight is 237 g/mol. The van der Waals surface area contributed by atoms with Gasteiger partial charge in [-0.25, -0.2) is 0 Å². The molecule has 0 aromatic heterocycles. The molecule has 0 bridgehead atoms. The fourth-order valence-corrected chi connectivity index (χ4v) is 1.47. The third kappa shape index (κ3) is 4.34. The Morgan fingerprint density at radius 2 is 2.12 bits per heavy atom. The summed E-state index contributed by atoms with van der Waals surface area (Å²) in [6, 6.07) is 5.67. The highest BCUT2D eigenvalue weighted by Crippen LogP contribution is 2.28. The van der Waals surface area contributed by atoms with Crippen molar-refractivity contribution in [3.63, 3.8) is 0 Å². The molecule has 0 radical (unpaired) electrons. The SMILES string of the molecule is CCCOc1cc(CCC(N)=O)ccc1OC. The Balaban J connectivity index is 2.76. The molecule has 1 amide bonds. The minimum absolute atomic E-state index is 0.295. The van der Waals surface area contributed by atoms with Gasteiger partial charge in [0.2, 0.25) is 5.91 Å². The summed E-state index contributed by atoms with van der Waals surface area (Å²) in [5.74, 6) is 1.13. The number of amides is 1. The van der Waals surface area contributed by atoms with Gasteiger partial charge in [-0.1, -0.05) is 13.0 Å². The van der Waals surface area contributed by atoms with Crippen LogP contribution in [-0.2, 0) is 11.2 Å². The monoisotopic (exact) mass is 237 g/mol. The van der Waals surface area contributed by atoms with E-state index in [1.54, 1.807) is 7.11 Å². The van der Waals surface area contributed by atoms with Crippen molar-refractivity contribution >= 4 is 5.91 Å². The molecule has 17 heavy (non-hydrogen) atoms. The molecular formula is C13H19NO3. The highest BCUT2D eigenvalue weighted by atomic mass is 16.5. The van der Waals surface area contributed by atoms with E-state index in [0.29, 0.717) is 25.2 Å². The summed E-state index contributed by atoms with van der Waals surface area (Å²) in [6.45, 7) is 2.69. The number of carbonyl (C=O) groups excluding carboxylic acids is 1. The largest absolute Gasteiger partial charge is 0.493 e. The second-order valence-corrected chi connectivity index (χ2v) is 3.80. The van der Waals surface area contributed by atoms with Crippen molar-refractivity contribution in [1.82, 2.24) is 0 Å². The molecule has 1 aromatic carbocycles. The van der Waals surface area contributed by atoms with Crippen LogP contribution in [0.2, 0.25) is 0 Å². The van der Waals surface area contributed by atoms with Gasteiger partial charge in [-0.3, -0.25) is 4.79 Å². The summed E-state index contributed by atoms with van der Waals surface area (Å²) in [7, 11) is 1.61. The molecule has 2 N–H and O–H groups in total. The van der Waals surface area contributed by atoms with Crippen molar-refractivity contribution in [2.45, 2.75) is 26.2 Å². The number of methoxy groups -OCH3 is 1. The molecular weight excluding hydrogens is 218 g/mol. The molecule has 0 unspecified atom stereocenters. The molecule has 1 rings (SSSR count). The minimum Gasteiger partial charge on any atom is -0.493 e. The van der Waals surface area contributed by atoms with Crippen molar-refractivity contribution in [1.29, 1.82) is 0 Å². The number of carbonyl (C=O) groups is 1. The summed E-state index contributed by atoms with van der Waals surface area (Å²) in [5.41, 5.74) is 6.14. The number of nitrogens with two attached hydrogens (primary N) is 1. The van der Waals surface area contributed by atoms with E-state index < -0.39 is 0 Å². The van der Waals surface area contributed by atoms with Gasteiger partial charge in [0, 0.05) is 6.42 Å². The lowest BCUT2D eigenvalue weighted by Gasteiger charge is -2.11. The quantitative estimate of drug-likeness (QED) is 0.787. The predicted molar refractivity (Wildman–Crippen MR) is 66.3 cm³/mol. The number of benzene rings is 1. The van der Waals surface area contributed by atoms with E-state index in [2.05, 4.69) is 0 Å². The Hall–Kier alpha value is -1.71.